The van der Waals surface area contributed by atoms with Gasteiger partial charge >= 0.3 is 0 Å². The molecule has 1 amide bonds. The number of benzene rings is 3. The quantitative estimate of drug-likeness (QED) is 0.712. The Balaban J connectivity index is 1.81. The number of carbonyl (C=O) groups is 1. The second-order valence-corrected chi connectivity index (χ2v) is 8.44. The summed E-state index contributed by atoms with van der Waals surface area (Å²) in [5.74, 6) is -0.353. The third-order valence-electron chi connectivity index (χ3n) is 4.33. The van der Waals surface area contributed by atoms with Crippen LogP contribution in [0.1, 0.15) is 11.1 Å². The maximum Gasteiger partial charge on any atom is 0.241 e. The highest BCUT2D eigenvalue weighted by Gasteiger charge is 2.22. The summed E-state index contributed by atoms with van der Waals surface area (Å²) in [7, 11) is -3.62. The monoisotopic (exact) mass is 382 g/mol. The lowest BCUT2D eigenvalue weighted by Crippen LogP contribution is -2.40. The summed E-state index contributed by atoms with van der Waals surface area (Å²) in [5, 5.41) is 4.50. The minimum atomic E-state index is -3.62. The van der Waals surface area contributed by atoms with Gasteiger partial charge in [-0.05, 0) is 23.9 Å². The molecule has 3 rings (SSSR count). The molecule has 0 radical (unpaired) electrons. The van der Waals surface area contributed by atoms with Crippen molar-refractivity contribution in [2.45, 2.75) is 13.5 Å². The summed E-state index contributed by atoms with van der Waals surface area (Å²) in [6, 6.07) is 20.8. The first-order valence-corrected chi connectivity index (χ1v) is 10.5. The normalized spacial score (nSPS) is 11.3. The van der Waals surface area contributed by atoms with Crippen LogP contribution in [0.5, 0.6) is 0 Å². The van der Waals surface area contributed by atoms with Crippen molar-refractivity contribution in [2.75, 3.05) is 17.1 Å². The van der Waals surface area contributed by atoms with E-state index in [9.17, 15) is 13.2 Å². The Labute approximate surface area is 159 Å². The zero-order valence-electron chi connectivity index (χ0n) is 15.3. The van der Waals surface area contributed by atoms with Gasteiger partial charge < -0.3 is 5.32 Å². The fraction of sp³-hybridized carbons (Fsp3) is 0.190. The minimum Gasteiger partial charge on any atom is -0.350 e. The number of aryl methyl sites for hydroxylation is 1. The molecule has 0 bridgehead atoms. The Kier molecular flexibility index (Phi) is 5.46. The fourth-order valence-corrected chi connectivity index (χ4v) is 3.77. The lowest BCUT2D eigenvalue weighted by atomic mass is 10.1. The molecular formula is C21H22N2O3S. The third kappa shape index (κ3) is 4.65. The molecule has 1 N–H and O–H groups in total. The zero-order valence-corrected chi connectivity index (χ0v) is 16.2. The molecule has 3 aromatic carbocycles. The number of anilines is 1. The van der Waals surface area contributed by atoms with E-state index >= 15 is 0 Å². The first-order valence-electron chi connectivity index (χ1n) is 8.62. The van der Waals surface area contributed by atoms with Crippen molar-refractivity contribution in [3.63, 3.8) is 0 Å². The van der Waals surface area contributed by atoms with E-state index in [-0.39, 0.29) is 12.5 Å². The number of nitrogens with zero attached hydrogens (tertiary/aromatic N) is 1. The fourth-order valence-electron chi connectivity index (χ4n) is 2.90. The predicted molar refractivity (Wildman–Crippen MR) is 109 cm³/mol. The summed E-state index contributed by atoms with van der Waals surface area (Å²) in [6.07, 6.45) is 1.11. The number of hydrogen-bond donors (Lipinski definition) is 1. The van der Waals surface area contributed by atoms with Gasteiger partial charge in [-0.3, -0.25) is 9.10 Å². The Morgan fingerprint density at radius 1 is 0.963 bits per heavy atom. The van der Waals surface area contributed by atoms with Gasteiger partial charge in [-0.1, -0.05) is 66.2 Å². The van der Waals surface area contributed by atoms with Gasteiger partial charge in [0.15, 0.2) is 0 Å². The number of sulfonamides is 1. The van der Waals surface area contributed by atoms with E-state index in [1.54, 1.807) is 12.1 Å². The van der Waals surface area contributed by atoms with E-state index in [1.807, 2.05) is 61.5 Å². The molecule has 0 atom stereocenters. The van der Waals surface area contributed by atoms with Gasteiger partial charge in [0.1, 0.15) is 6.54 Å². The van der Waals surface area contributed by atoms with Crippen LogP contribution in [-0.2, 0) is 21.4 Å². The molecule has 0 heterocycles. The Morgan fingerprint density at radius 3 is 2.33 bits per heavy atom. The van der Waals surface area contributed by atoms with Gasteiger partial charge in [-0.2, -0.15) is 0 Å². The van der Waals surface area contributed by atoms with Crippen molar-refractivity contribution in [2.24, 2.45) is 0 Å². The highest BCUT2D eigenvalue weighted by atomic mass is 32.2. The molecule has 5 nitrogen and oxygen atoms in total. The lowest BCUT2D eigenvalue weighted by molar-refractivity contribution is -0.119. The van der Waals surface area contributed by atoms with Crippen LogP contribution in [0.4, 0.5) is 5.69 Å². The van der Waals surface area contributed by atoms with Crippen LogP contribution in [0, 0.1) is 6.92 Å². The SMILES string of the molecule is Cc1ccc(CNC(=O)CN(c2cccc3ccccc23)S(C)(=O)=O)cc1. The number of fused-ring (bicyclic) bond motifs is 1. The van der Waals surface area contributed by atoms with Crippen molar-refractivity contribution in [3.8, 4) is 0 Å². The van der Waals surface area contributed by atoms with Crippen LogP contribution in [0.15, 0.2) is 66.7 Å². The van der Waals surface area contributed by atoms with E-state index in [0.29, 0.717) is 12.2 Å². The predicted octanol–water partition coefficient (Wildman–Crippen LogP) is 3.23. The van der Waals surface area contributed by atoms with Crippen LogP contribution in [0.2, 0.25) is 0 Å². The molecule has 0 fully saturated rings. The first kappa shape index (κ1) is 18.9. The average molecular weight is 382 g/mol. The summed E-state index contributed by atoms with van der Waals surface area (Å²) in [4.78, 5) is 12.4. The molecule has 140 valence electrons. The highest BCUT2D eigenvalue weighted by molar-refractivity contribution is 7.92. The molecule has 0 aliphatic heterocycles. The summed E-state index contributed by atoms with van der Waals surface area (Å²) in [6.45, 7) is 2.08. The van der Waals surface area contributed by atoms with E-state index in [1.165, 1.54) is 0 Å². The second-order valence-electron chi connectivity index (χ2n) is 6.53. The van der Waals surface area contributed by atoms with E-state index in [4.69, 9.17) is 0 Å². The summed E-state index contributed by atoms with van der Waals surface area (Å²) < 4.78 is 25.9. The van der Waals surface area contributed by atoms with Crippen LogP contribution in [-0.4, -0.2) is 27.1 Å². The van der Waals surface area contributed by atoms with Crippen LogP contribution < -0.4 is 9.62 Å². The molecule has 0 saturated heterocycles. The molecule has 3 aromatic rings. The van der Waals surface area contributed by atoms with Gasteiger partial charge in [-0.15, -0.1) is 0 Å². The largest absolute Gasteiger partial charge is 0.350 e. The van der Waals surface area contributed by atoms with E-state index in [0.717, 1.165) is 32.5 Å². The van der Waals surface area contributed by atoms with Gasteiger partial charge in [-0.25, -0.2) is 8.42 Å². The number of rotatable bonds is 6. The smallest absolute Gasteiger partial charge is 0.241 e. The maximum atomic E-state index is 12.4. The molecular weight excluding hydrogens is 360 g/mol. The molecule has 27 heavy (non-hydrogen) atoms. The zero-order chi connectivity index (χ0) is 19.4. The Bertz CT molecular complexity index is 1050. The van der Waals surface area contributed by atoms with Crippen molar-refractivity contribution in [1.82, 2.24) is 5.32 Å². The third-order valence-corrected chi connectivity index (χ3v) is 5.46. The number of hydrogen-bond acceptors (Lipinski definition) is 3. The molecule has 0 saturated carbocycles. The van der Waals surface area contributed by atoms with Gasteiger partial charge in [0, 0.05) is 11.9 Å². The highest BCUT2D eigenvalue weighted by Crippen LogP contribution is 2.28. The second kappa shape index (κ2) is 7.80. The van der Waals surface area contributed by atoms with Crippen molar-refractivity contribution < 1.29 is 13.2 Å². The molecule has 0 aromatic heterocycles. The lowest BCUT2D eigenvalue weighted by Gasteiger charge is -2.23. The Morgan fingerprint density at radius 2 is 1.63 bits per heavy atom. The number of carbonyl (C=O) groups excluding carboxylic acids is 1. The Hall–Kier alpha value is -2.86. The maximum absolute atomic E-state index is 12.4. The molecule has 0 unspecified atom stereocenters. The molecule has 0 aliphatic carbocycles. The number of amides is 1. The number of nitrogens with one attached hydrogen (secondary N) is 1. The topological polar surface area (TPSA) is 66.5 Å². The van der Waals surface area contributed by atoms with Gasteiger partial charge in [0.2, 0.25) is 15.9 Å². The van der Waals surface area contributed by atoms with Crippen LogP contribution in [0.25, 0.3) is 10.8 Å². The first-order chi connectivity index (χ1) is 12.8. The minimum absolute atomic E-state index is 0.265. The van der Waals surface area contributed by atoms with Gasteiger partial charge in [0.25, 0.3) is 0 Å². The van der Waals surface area contributed by atoms with Crippen molar-refractivity contribution >= 4 is 32.4 Å². The van der Waals surface area contributed by atoms with Gasteiger partial charge in [0.05, 0.1) is 11.9 Å². The van der Waals surface area contributed by atoms with Crippen LogP contribution >= 0.6 is 0 Å². The standard InChI is InChI=1S/C21H22N2O3S/c1-16-10-12-17(13-11-16)14-22-21(24)15-23(27(2,25)26)20-9-5-7-18-6-3-4-8-19(18)20/h3-13H,14-15H2,1-2H3,(H,22,24). The van der Waals surface area contributed by atoms with E-state index in [2.05, 4.69) is 5.32 Å². The average Bonchev–Trinajstić information content (AvgIpc) is 2.64. The molecule has 0 aliphatic rings. The van der Waals surface area contributed by atoms with Crippen molar-refractivity contribution in [3.05, 3.63) is 77.9 Å². The van der Waals surface area contributed by atoms with Crippen molar-refractivity contribution in [1.29, 1.82) is 0 Å². The molecule has 6 heteroatoms. The summed E-state index contributed by atoms with van der Waals surface area (Å²) in [5.41, 5.74) is 2.61. The summed E-state index contributed by atoms with van der Waals surface area (Å²) >= 11 is 0. The van der Waals surface area contributed by atoms with Crippen LogP contribution in [0.3, 0.4) is 0 Å². The van der Waals surface area contributed by atoms with E-state index < -0.39 is 10.0 Å². The molecule has 0 spiro atoms.